The summed E-state index contributed by atoms with van der Waals surface area (Å²) in [6.07, 6.45) is 6.25. The summed E-state index contributed by atoms with van der Waals surface area (Å²) in [4.78, 5) is 0. The molecule has 0 atom stereocenters. The van der Waals surface area contributed by atoms with Crippen molar-refractivity contribution in [3.8, 4) is 0 Å². The summed E-state index contributed by atoms with van der Waals surface area (Å²) >= 11 is -0.639. The Hall–Kier alpha value is 1.09. The third-order valence-corrected chi connectivity index (χ3v) is 0.569. The SMILES string of the molecule is [CH2]C/C=C\CC.[Cl][Mg][Cl]. The predicted octanol–water partition coefficient (Wildman–Crippen LogP) is 3.17. The van der Waals surface area contributed by atoms with E-state index in [1.807, 2.05) is 0 Å². The Labute approximate surface area is 74.9 Å². The topological polar surface area (TPSA) is 0 Å². The standard InChI is InChI=1S/C6H11.2ClH.Mg/c1-3-5-6-4-2;;;/h5-6H,1,3-4H2,2H3;2*1H;/q;;;+2/p-2/b6-5-;;;. The molecule has 1 radical (unpaired) electrons. The van der Waals surface area contributed by atoms with Gasteiger partial charge in [0.15, 0.2) is 0 Å². The summed E-state index contributed by atoms with van der Waals surface area (Å²) in [7, 11) is 9.81. The van der Waals surface area contributed by atoms with Crippen molar-refractivity contribution in [2.75, 3.05) is 0 Å². The Morgan fingerprint density at radius 2 is 1.89 bits per heavy atom. The van der Waals surface area contributed by atoms with Gasteiger partial charge in [-0.15, -0.1) is 0 Å². The summed E-state index contributed by atoms with van der Waals surface area (Å²) in [6.45, 7) is 5.75. The molecule has 9 heavy (non-hydrogen) atoms. The molecule has 0 aliphatic rings. The molecule has 0 aliphatic heterocycles. The zero-order valence-corrected chi connectivity index (χ0v) is 8.67. The number of halogens is 2. The Balaban J connectivity index is 0. The molecule has 0 nitrogen and oxygen atoms in total. The minimum atomic E-state index is -0.639. The molecule has 0 rings (SSSR count). The normalized spacial score (nSPS) is 8.00. The van der Waals surface area contributed by atoms with Gasteiger partial charge in [-0.1, -0.05) is 19.1 Å². The first-order valence-corrected chi connectivity index (χ1v) is 7.17. The molecule has 0 saturated heterocycles. The molecular weight excluding hydrogens is 167 g/mol. The van der Waals surface area contributed by atoms with Crippen molar-refractivity contribution in [1.29, 1.82) is 0 Å². The molecule has 0 aromatic rings. The molecule has 0 spiro atoms. The van der Waals surface area contributed by atoms with Crippen LogP contribution >= 0.6 is 18.1 Å². The van der Waals surface area contributed by atoms with Crippen molar-refractivity contribution in [3.63, 3.8) is 0 Å². The highest BCUT2D eigenvalue weighted by Crippen LogP contribution is 1.80. The number of allylic oxidation sites excluding steroid dienone is 2. The van der Waals surface area contributed by atoms with E-state index < -0.39 is 18.2 Å². The van der Waals surface area contributed by atoms with Gasteiger partial charge in [0, 0.05) is 0 Å². The van der Waals surface area contributed by atoms with Gasteiger partial charge >= 0.3 is 18.2 Å². The Morgan fingerprint density at radius 1 is 1.44 bits per heavy atom. The lowest BCUT2D eigenvalue weighted by Crippen LogP contribution is -1.51. The van der Waals surface area contributed by atoms with E-state index in [4.69, 9.17) is 18.1 Å². The highest BCUT2D eigenvalue weighted by atomic mass is 35.6. The minimum absolute atomic E-state index is 0.639. The van der Waals surface area contributed by atoms with Crippen LogP contribution < -0.4 is 0 Å². The Morgan fingerprint density at radius 3 is 2.00 bits per heavy atom. The number of hydrogen-bond donors (Lipinski definition) is 0. The van der Waals surface area contributed by atoms with Gasteiger partial charge in [-0.3, -0.25) is 0 Å². The number of rotatable bonds is 2. The van der Waals surface area contributed by atoms with E-state index in [1.54, 1.807) is 0 Å². The van der Waals surface area contributed by atoms with Crippen LogP contribution in [0.1, 0.15) is 19.8 Å². The maximum Gasteiger partial charge on any atom is 0.618 e. The van der Waals surface area contributed by atoms with Gasteiger partial charge < -0.3 is 18.1 Å². The first-order valence-electron chi connectivity index (χ1n) is 2.89. The second kappa shape index (κ2) is 16.0. The second-order valence-corrected chi connectivity index (χ2v) is 3.90. The third kappa shape index (κ3) is 27.3. The van der Waals surface area contributed by atoms with E-state index in [-0.39, 0.29) is 0 Å². The second-order valence-electron chi connectivity index (χ2n) is 1.27. The van der Waals surface area contributed by atoms with Crippen molar-refractivity contribution >= 4 is 36.3 Å². The molecular formula is C6H11Cl2Mg. The molecule has 0 unspecified atom stereocenters. The fourth-order valence-electron chi connectivity index (χ4n) is 0.285. The van der Waals surface area contributed by atoms with E-state index in [9.17, 15) is 0 Å². The highest BCUT2D eigenvalue weighted by Gasteiger charge is 1.64. The van der Waals surface area contributed by atoms with E-state index >= 15 is 0 Å². The lowest BCUT2D eigenvalue weighted by molar-refractivity contribution is 1.20. The molecule has 0 aromatic heterocycles. The monoisotopic (exact) mass is 177 g/mol. The van der Waals surface area contributed by atoms with Gasteiger partial charge in [0.2, 0.25) is 0 Å². The third-order valence-electron chi connectivity index (χ3n) is 0.569. The summed E-state index contributed by atoms with van der Waals surface area (Å²) in [5.41, 5.74) is 0. The van der Waals surface area contributed by atoms with Gasteiger partial charge in [-0.2, -0.15) is 0 Å². The quantitative estimate of drug-likeness (QED) is 0.450. The zero-order valence-electron chi connectivity index (χ0n) is 5.74. The van der Waals surface area contributed by atoms with Crippen molar-refractivity contribution in [2.45, 2.75) is 19.8 Å². The van der Waals surface area contributed by atoms with Crippen molar-refractivity contribution in [2.24, 2.45) is 0 Å². The fourth-order valence-corrected chi connectivity index (χ4v) is 0.285. The van der Waals surface area contributed by atoms with Crippen molar-refractivity contribution < 1.29 is 0 Å². The minimum Gasteiger partial charge on any atom is -0.309 e. The molecule has 0 fully saturated rings. The predicted molar refractivity (Wildman–Crippen MR) is 46.9 cm³/mol. The largest absolute Gasteiger partial charge is 0.618 e. The summed E-state index contributed by atoms with van der Waals surface area (Å²) in [5, 5.41) is 0. The van der Waals surface area contributed by atoms with Crippen LogP contribution in [0.15, 0.2) is 12.2 Å². The van der Waals surface area contributed by atoms with Crippen LogP contribution in [0.5, 0.6) is 0 Å². The van der Waals surface area contributed by atoms with Crippen LogP contribution in [0.25, 0.3) is 0 Å². The van der Waals surface area contributed by atoms with Crippen LogP contribution in [0.2, 0.25) is 0 Å². The van der Waals surface area contributed by atoms with Gasteiger partial charge in [0.05, 0.1) is 0 Å². The van der Waals surface area contributed by atoms with Crippen LogP contribution in [0, 0.1) is 6.92 Å². The van der Waals surface area contributed by atoms with E-state index in [0.29, 0.717) is 0 Å². The van der Waals surface area contributed by atoms with E-state index in [1.165, 1.54) is 0 Å². The van der Waals surface area contributed by atoms with Gasteiger partial charge in [0.1, 0.15) is 0 Å². The Bertz CT molecular complexity index is 49.0. The highest BCUT2D eigenvalue weighted by molar-refractivity contribution is 7.22. The van der Waals surface area contributed by atoms with E-state index in [0.717, 1.165) is 12.8 Å². The van der Waals surface area contributed by atoms with Crippen molar-refractivity contribution in [1.82, 2.24) is 0 Å². The van der Waals surface area contributed by atoms with Crippen molar-refractivity contribution in [3.05, 3.63) is 19.1 Å². The molecule has 0 bridgehead atoms. The molecule has 0 heterocycles. The smallest absolute Gasteiger partial charge is 0.309 e. The molecule has 51 valence electrons. The molecule has 0 saturated carbocycles. The molecule has 0 amide bonds. The summed E-state index contributed by atoms with van der Waals surface area (Å²) < 4.78 is 0. The molecule has 0 N–H and O–H groups in total. The first kappa shape index (κ1) is 12.7. The first-order chi connectivity index (χ1) is 4.33. The number of hydrogen-bond acceptors (Lipinski definition) is 0. The fraction of sp³-hybridized carbons (Fsp3) is 0.500. The molecule has 0 aliphatic carbocycles. The molecule has 3 heteroatoms. The van der Waals surface area contributed by atoms with Gasteiger partial charge in [-0.25, -0.2) is 0 Å². The van der Waals surface area contributed by atoms with Crippen LogP contribution in [-0.2, 0) is 0 Å². The van der Waals surface area contributed by atoms with Gasteiger partial charge in [0.25, 0.3) is 0 Å². The molecule has 0 aromatic carbocycles. The average Bonchev–Trinajstić information content (AvgIpc) is 1.86. The van der Waals surface area contributed by atoms with Crippen LogP contribution in [0.3, 0.4) is 0 Å². The average molecular weight is 178 g/mol. The van der Waals surface area contributed by atoms with Gasteiger partial charge in [-0.05, 0) is 19.8 Å². The summed E-state index contributed by atoms with van der Waals surface area (Å²) in [6, 6.07) is 0. The van der Waals surface area contributed by atoms with Crippen LogP contribution in [-0.4, -0.2) is 18.2 Å². The van der Waals surface area contributed by atoms with E-state index in [2.05, 4.69) is 26.0 Å². The summed E-state index contributed by atoms with van der Waals surface area (Å²) in [5.74, 6) is 0. The lowest BCUT2D eigenvalue weighted by atomic mass is 10.4. The zero-order chi connectivity index (χ0) is 7.54. The lowest BCUT2D eigenvalue weighted by Gasteiger charge is -1.72. The maximum absolute atomic E-state index is 4.90. The van der Waals surface area contributed by atoms with Crippen LogP contribution in [0.4, 0.5) is 0 Å². The Kier molecular flexibility index (Phi) is 22.7. The maximum atomic E-state index is 4.90.